The van der Waals surface area contributed by atoms with Gasteiger partial charge in [0.15, 0.2) is 23.8 Å². The van der Waals surface area contributed by atoms with Crippen LogP contribution < -0.4 is 14.8 Å². The van der Waals surface area contributed by atoms with Crippen molar-refractivity contribution in [3.05, 3.63) is 88.5 Å². The van der Waals surface area contributed by atoms with Crippen LogP contribution in [0.25, 0.3) is 16.9 Å². The number of para-hydroxylation sites is 2. The highest BCUT2D eigenvalue weighted by Crippen LogP contribution is 2.41. The Morgan fingerprint density at radius 2 is 1.50 bits per heavy atom. The van der Waals surface area contributed by atoms with Gasteiger partial charge in [0.2, 0.25) is 0 Å². The number of amides is 1. The number of hydrogen-bond donors (Lipinski definition) is 1. The lowest BCUT2D eigenvalue weighted by Crippen LogP contribution is -2.20. The average Bonchev–Trinajstić information content (AvgIpc) is 3.37. The van der Waals surface area contributed by atoms with E-state index in [-0.39, 0.29) is 35.2 Å². The van der Waals surface area contributed by atoms with E-state index < -0.39 is 11.9 Å². The molecule has 1 N–H and O–H groups in total. The lowest BCUT2D eigenvalue weighted by Gasteiger charge is -2.15. The van der Waals surface area contributed by atoms with Gasteiger partial charge in [-0.1, -0.05) is 36.4 Å². The number of halogens is 1. The molecule has 3 aromatic carbocycles. The van der Waals surface area contributed by atoms with E-state index in [0.29, 0.717) is 33.8 Å². The number of aromatic nitrogens is 2. The highest BCUT2D eigenvalue weighted by atomic mass is 79.9. The molecule has 0 unspecified atom stereocenters. The first-order valence-corrected chi connectivity index (χ1v) is 13.0. The van der Waals surface area contributed by atoms with Crippen LogP contribution in [0.3, 0.4) is 0 Å². The monoisotopic (exact) mass is 607 g/mol. The van der Waals surface area contributed by atoms with E-state index in [9.17, 15) is 14.4 Å². The summed E-state index contributed by atoms with van der Waals surface area (Å²) in [6.07, 6.45) is 0. The van der Waals surface area contributed by atoms with E-state index in [2.05, 4.69) is 26.3 Å². The summed E-state index contributed by atoms with van der Waals surface area (Å²) in [6.45, 7) is 1.82. The Labute approximate surface area is 238 Å². The molecule has 1 amide bonds. The number of anilines is 1. The zero-order chi connectivity index (χ0) is 28.6. The van der Waals surface area contributed by atoms with Gasteiger partial charge >= 0.3 is 11.9 Å². The van der Waals surface area contributed by atoms with Crippen molar-refractivity contribution in [2.24, 2.45) is 0 Å². The van der Waals surface area contributed by atoms with Crippen molar-refractivity contribution in [2.75, 3.05) is 32.8 Å². The Hall–Kier alpha value is -4.64. The summed E-state index contributed by atoms with van der Waals surface area (Å²) in [7, 11) is 2.43. The van der Waals surface area contributed by atoms with Crippen LogP contribution in [-0.4, -0.2) is 55.1 Å². The van der Waals surface area contributed by atoms with Crippen molar-refractivity contribution in [1.82, 2.24) is 9.78 Å². The largest absolute Gasteiger partial charge is 0.490 e. The first-order valence-electron chi connectivity index (χ1n) is 12.2. The molecule has 0 aliphatic carbocycles. The second-order valence-electron chi connectivity index (χ2n) is 8.22. The molecule has 0 spiro atoms. The molecule has 10 nitrogen and oxygen atoms in total. The van der Waals surface area contributed by atoms with Crippen molar-refractivity contribution in [3.63, 3.8) is 0 Å². The summed E-state index contributed by atoms with van der Waals surface area (Å²) in [5.74, 6) is -1.31. The minimum atomic E-state index is -0.777. The fourth-order valence-corrected chi connectivity index (χ4v) is 4.41. The first-order chi connectivity index (χ1) is 19.4. The van der Waals surface area contributed by atoms with E-state index in [0.717, 1.165) is 0 Å². The maximum atomic E-state index is 13.0. The van der Waals surface area contributed by atoms with Crippen molar-refractivity contribution < 1.29 is 33.3 Å². The van der Waals surface area contributed by atoms with Crippen LogP contribution in [0.15, 0.2) is 77.3 Å². The minimum absolute atomic E-state index is 0.0859. The zero-order valence-corrected chi connectivity index (χ0v) is 23.6. The molecular weight excluding hydrogens is 582 g/mol. The fourth-order valence-electron chi connectivity index (χ4n) is 3.90. The molecule has 1 aromatic heterocycles. The predicted octanol–water partition coefficient (Wildman–Crippen LogP) is 5.29. The topological polar surface area (TPSA) is 118 Å². The number of carbonyl (C=O) groups is 3. The van der Waals surface area contributed by atoms with Crippen molar-refractivity contribution in [1.29, 1.82) is 0 Å². The molecule has 0 fully saturated rings. The van der Waals surface area contributed by atoms with E-state index in [1.807, 2.05) is 24.3 Å². The van der Waals surface area contributed by atoms with Gasteiger partial charge < -0.3 is 24.3 Å². The number of methoxy groups -OCH3 is 2. The van der Waals surface area contributed by atoms with Crippen LogP contribution in [0.4, 0.5) is 5.69 Å². The van der Waals surface area contributed by atoms with Crippen LogP contribution >= 0.6 is 15.9 Å². The molecule has 0 saturated heterocycles. The normalized spacial score (nSPS) is 10.5. The van der Waals surface area contributed by atoms with Crippen LogP contribution in [0, 0.1) is 0 Å². The lowest BCUT2D eigenvalue weighted by atomic mass is 10.0. The van der Waals surface area contributed by atoms with Crippen molar-refractivity contribution in [3.8, 4) is 28.4 Å². The fraction of sp³-hybridized carbons (Fsp3) is 0.172. The summed E-state index contributed by atoms with van der Waals surface area (Å²) in [5.41, 5.74) is 1.56. The van der Waals surface area contributed by atoms with Gasteiger partial charge in [-0.05, 0) is 59.3 Å². The maximum Gasteiger partial charge on any atom is 0.357 e. The number of benzene rings is 3. The number of hydrogen-bond acceptors (Lipinski definition) is 8. The summed E-state index contributed by atoms with van der Waals surface area (Å²) in [4.78, 5) is 38.4. The van der Waals surface area contributed by atoms with Crippen LogP contribution in [0.5, 0.6) is 11.5 Å². The van der Waals surface area contributed by atoms with E-state index in [1.165, 1.54) is 18.9 Å². The second kappa shape index (κ2) is 12.9. The molecule has 0 aliphatic heterocycles. The van der Waals surface area contributed by atoms with Gasteiger partial charge in [0.25, 0.3) is 5.91 Å². The first kappa shape index (κ1) is 28.4. The molecule has 0 saturated carbocycles. The van der Waals surface area contributed by atoms with Gasteiger partial charge in [-0.15, -0.1) is 0 Å². The number of nitrogens with one attached hydrogen (secondary N) is 1. The number of ether oxygens (including phenoxy) is 4. The molecule has 11 heteroatoms. The van der Waals surface area contributed by atoms with Gasteiger partial charge in [-0.2, -0.15) is 5.10 Å². The number of carbonyl (C=O) groups excluding carboxylic acids is 3. The summed E-state index contributed by atoms with van der Waals surface area (Å²) in [5, 5.41) is 7.38. The minimum Gasteiger partial charge on any atom is -0.490 e. The maximum absolute atomic E-state index is 13.0. The quantitative estimate of drug-likeness (QED) is 0.242. The van der Waals surface area contributed by atoms with E-state index in [1.54, 1.807) is 55.5 Å². The molecule has 0 aliphatic rings. The Bertz CT molecular complexity index is 1520. The lowest BCUT2D eigenvalue weighted by molar-refractivity contribution is -0.118. The predicted molar refractivity (Wildman–Crippen MR) is 151 cm³/mol. The smallest absolute Gasteiger partial charge is 0.357 e. The Kier molecular flexibility index (Phi) is 9.18. The third kappa shape index (κ3) is 6.15. The van der Waals surface area contributed by atoms with Crippen LogP contribution in [0.1, 0.15) is 27.8 Å². The van der Waals surface area contributed by atoms with Crippen LogP contribution in [-0.2, 0) is 14.3 Å². The molecule has 4 rings (SSSR count). The molecule has 206 valence electrons. The Balaban J connectivity index is 1.78. The van der Waals surface area contributed by atoms with Crippen LogP contribution in [0.2, 0.25) is 0 Å². The molecule has 4 aromatic rings. The van der Waals surface area contributed by atoms with Gasteiger partial charge in [-0.3, -0.25) is 4.79 Å². The molecule has 0 radical (unpaired) electrons. The number of nitrogens with zero attached hydrogens (tertiary/aromatic N) is 2. The van der Waals surface area contributed by atoms with Crippen molar-refractivity contribution in [2.45, 2.75) is 6.92 Å². The van der Waals surface area contributed by atoms with E-state index >= 15 is 0 Å². The highest BCUT2D eigenvalue weighted by molar-refractivity contribution is 9.10. The third-order valence-electron chi connectivity index (χ3n) is 5.66. The summed E-state index contributed by atoms with van der Waals surface area (Å²) in [6, 6.07) is 21.1. The number of rotatable bonds is 10. The van der Waals surface area contributed by atoms with E-state index in [4.69, 9.17) is 18.9 Å². The molecule has 40 heavy (non-hydrogen) atoms. The van der Waals surface area contributed by atoms with Gasteiger partial charge in [0.05, 0.1) is 26.5 Å². The molecule has 0 bridgehead atoms. The summed E-state index contributed by atoms with van der Waals surface area (Å²) >= 11 is 3.53. The highest BCUT2D eigenvalue weighted by Gasteiger charge is 2.32. The second-order valence-corrected chi connectivity index (χ2v) is 9.07. The molecule has 0 atom stereocenters. The van der Waals surface area contributed by atoms with Crippen molar-refractivity contribution >= 4 is 39.5 Å². The van der Waals surface area contributed by atoms with Gasteiger partial charge in [-0.25, -0.2) is 14.3 Å². The Morgan fingerprint density at radius 1 is 0.875 bits per heavy atom. The third-order valence-corrected chi connectivity index (χ3v) is 6.32. The number of esters is 2. The Morgan fingerprint density at radius 3 is 2.12 bits per heavy atom. The standard InChI is InChI=1S/C29H26BrN3O7/c1-4-39-22-15-20(21(30)16-23(22)40-17-24(34)31-18-11-7-5-8-12-18)26-25(28(35)37-2)27(29(36)38-3)33(32-26)19-13-9-6-10-14-19/h5-16H,4,17H2,1-3H3,(H,31,34). The molecule has 1 heterocycles. The average molecular weight is 608 g/mol. The molecular formula is C29H26BrN3O7. The summed E-state index contributed by atoms with van der Waals surface area (Å²) < 4.78 is 23.4. The van der Waals surface area contributed by atoms with Gasteiger partial charge in [0, 0.05) is 15.7 Å². The SMILES string of the molecule is CCOc1cc(-c2nn(-c3ccccc3)c(C(=O)OC)c2C(=O)OC)c(Br)cc1OCC(=O)Nc1ccccc1. The zero-order valence-electron chi connectivity index (χ0n) is 22.0. The van der Waals surface area contributed by atoms with Gasteiger partial charge in [0.1, 0.15) is 11.3 Å².